The summed E-state index contributed by atoms with van der Waals surface area (Å²) in [5.74, 6) is 0.812. The van der Waals surface area contributed by atoms with Crippen molar-refractivity contribution in [3.63, 3.8) is 0 Å². The maximum absolute atomic E-state index is 12.4. The molecule has 0 aromatic heterocycles. The lowest BCUT2D eigenvalue weighted by Gasteiger charge is -2.32. The van der Waals surface area contributed by atoms with E-state index in [0.717, 1.165) is 11.3 Å². The van der Waals surface area contributed by atoms with Crippen LogP contribution in [0.2, 0.25) is 5.02 Å². The lowest BCUT2D eigenvalue weighted by Crippen LogP contribution is -2.49. The molecule has 3 rings (SSSR count). The fraction of sp³-hybridized carbons (Fsp3) is 0.500. The zero-order valence-electron chi connectivity index (χ0n) is 10.8. The largest absolute Gasteiger partial charge is 0.480 e. The molecule has 1 fully saturated rings. The normalized spacial score (nSPS) is 25.9. The van der Waals surface area contributed by atoms with Crippen molar-refractivity contribution in [2.75, 3.05) is 19.7 Å². The molecule has 1 amide bonds. The van der Waals surface area contributed by atoms with Gasteiger partial charge in [0.25, 0.3) is 5.91 Å². The van der Waals surface area contributed by atoms with Gasteiger partial charge in [0.05, 0.1) is 12.7 Å². The van der Waals surface area contributed by atoms with Gasteiger partial charge in [-0.25, -0.2) is 0 Å². The monoisotopic (exact) mass is 281 g/mol. The number of halogens is 1. The molecule has 0 unspecified atom stereocenters. The van der Waals surface area contributed by atoms with Gasteiger partial charge in [-0.05, 0) is 30.7 Å². The van der Waals surface area contributed by atoms with Gasteiger partial charge in [-0.1, -0.05) is 11.6 Å². The van der Waals surface area contributed by atoms with Crippen LogP contribution in [0.5, 0.6) is 5.75 Å². The molecule has 0 N–H and O–H groups in total. The van der Waals surface area contributed by atoms with E-state index in [1.54, 1.807) is 6.07 Å². The molecule has 102 valence electrons. The average Bonchev–Trinajstić information content (AvgIpc) is 2.80. The van der Waals surface area contributed by atoms with Gasteiger partial charge in [-0.3, -0.25) is 4.79 Å². The Morgan fingerprint density at radius 1 is 1.47 bits per heavy atom. The Labute approximate surface area is 117 Å². The van der Waals surface area contributed by atoms with Gasteiger partial charge < -0.3 is 14.4 Å². The summed E-state index contributed by atoms with van der Waals surface area (Å²) < 4.78 is 11.2. The summed E-state index contributed by atoms with van der Waals surface area (Å²) in [6, 6.07) is 5.48. The summed E-state index contributed by atoms with van der Waals surface area (Å²) >= 11 is 5.95. The van der Waals surface area contributed by atoms with Gasteiger partial charge in [-0.15, -0.1) is 0 Å². The number of carbonyl (C=O) groups excluding carboxylic acids is 1. The molecule has 2 aliphatic heterocycles. The summed E-state index contributed by atoms with van der Waals surface area (Å²) in [6.07, 6.45) is 0.273. The standard InChI is InChI=1S/C14H16ClNO3/c1-9-8-16(4-5-18-9)14(17)13-7-10-6-11(15)2-3-12(10)19-13/h2-3,6,9,13H,4-5,7-8H2,1H3/t9-,13+/m0/s1. The molecule has 1 saturated heterocycles. The van der Waals surface area contributed by atoms with E-state index >= 15 is 0 Å². The quantitative estimate of drug-likeness (QED) is 0.789. The second-order valence-electron chi connectivity index (χ2n) is 5.03. The first-order chi connectivity index (χ1) is 9.13. The van der Waals surface area contributed by atoms with Crippen molar-refractivity contribution in [2.45, 2.75) is 25.6 Å². The predicted molar refractivity (Wildman–Crippen MR) is 71.6 cm³/mol. The van der Waals surface area contributed by atoms with E-state index in [-0.39, 0.29) is 12.0 Å². The molecule has 2 heterocycles. The Kier molecular flexibility index (Phi) is 3.37. The minimum Gasteiger partial charge on any atom is -0.480 e. The molecule has 1 aromatic carbocycles. The number of benzene rings is 1. The number of amides is 1. The third-order valence-electron chi connectivity index (χ3n) is 3.53. The minimum absolute atomic E-state index is 0.0440. The summed E-state index contributed by atoms with van der Waals surface area (Å²) in [5, 5.41) is 0.676. The molecule has 0 spiro atoms. The number of hydrogen-bond donors (Lipinski definition) is 0. The van der Waals surface area contributed by atoms with Crippen molar-refractivity contribution in [2.24, 2.45) is 0 Å². The molecule has 5 heteroatoms. The third-order valence-corrected chi connectivity index (χ3v) is 3.76. The Morgan fingerprint density at radius 3 is 3.11 bits per heavy atom. The summed E-state index contributed by atoms with van der Waals surface area (Å²) in [6.45, 7) is 3.85. The summed E-state index contributed by atoms with van der Waals surface area (Å²) in [4.78, 5) is 14.2. The van der Waals surface area contributed by atoms with Crippen molar-refractivity contribution in [1.29, 1.82) is 0 Å². The number of fused-ring (bicyclic) bond motifs is 1. The van der Waals surface area contributed by atoms with Crippen LogP contribution >= 0.6 is 11.6 Å². The second-order valence-corrected chi connectivity index (χ2v) is 5.46. The van der Waals surface area contributed by atoms with Crippen LogP contribution in [0.3, 0.4) is 0 Å². The van der Waals surface area contributed by atoms with Gasteiger partial charge >= 0.3 is 0 Å². The summed E-state index contributed by atoms with van der Waals surface area (Å²) in [5.41, 5.74) is 1.01. The van der Waals surface area contributed by atoms with E-state index in [0.29, 0.717) is 31.1 Å². The van der Waals surface area contributed by atoms with Gasteiger partial charge in [0, 0.05) is 24.5 Å². The Bertz CT molecular complexity index is 505. The number of hydrogen-bond acceptors (Lipinski definition) is 3. The molecular weight excluding hydrogens is 266 g/mol. The van der Waals surface area contributed by atoms with Crippen LogP contribution in [0.4, 0.5) is 0 Å². The minimum atomic E-state index is -0.418. The molecule has 0 aliphatic carbocycles. The van der Waals surface area contributed by atoms with Crippen LogP contribution in [0.15, 0.2) is 18.2 Å². The maximum atomic E-state index is 12.4. The van der Waals surface area contributed by atoms with Crippen LogP contribution in [0.25, 0.3) is 0 Å². The van der Waals surface area contributed by atoms with E-state index in [9.17, 15) is 4.79 Å². The highest BCUT2D eigenvalue weighted by molar-refractivity contribution is 6.30. The fourth-order valence-electron chi connectivity index (χ4n) is 2.58. The lowest BCUT2D eigenvalue weighted by molar-refractivity contribution is -0.144. The molecule has 19 heavy (non-hydrogen) atoms. The molecule has 1 aromatic rings. The van der Waals surface area contributed by atoms with E-state index in [4.69, 9.17) is 21.1 Å². The topological polar surface area (TPSA) is 38.8 Å². The first kappa shape index (κ1) is 12.8. The van der Waals surface area contributed by atoms with Crippen molar-refractivity contribution >= 4 is 17.5 Å². The highest BCUT2D eigenvalue weighted by atomic mass is 35.5. The molecule has 2 aliphatic rings. The zero-order valence-corrected chi connectivity index (χ0v) is 11.5. The van der Waals surface area contributed by atoms with E-state index in [1.807, 2.05) is 24.0 Å². The first-order valence-electron chi connectivity index (χ1n) is 6.49. The number of morpholine rings is 1. The molecular formula is C14H16ClNO3. The average molecular weight is 282 g/mol. The second kappa shape index (κ2) is 5.02. The zero-order chi connectivity index (χ0) is 13.4. The van der Waals surface area contributed by atoms with Gasteiger partial charge in [0.15, 0.2) is 6.10 Å². The highest BCUT2D eigenvalue weighted by Crippen LogP contribution is 2.31. The highest BCUT2D eigenvalue weighted by Gasteiger charge is 2.34. The number of ether oxygens (including phenoxy) is 2. The Hall–Kier alpha value is -1.26. The van der Waals surface area contributed by atoms with Crippen molar-refractivity contribution in [3.05, 3.63) is 28.8 Å². The van der Waals surface area contributed by atoms with Gasteiger partial charge in [-0.2, -0.15) is 0 Å². The van der Waals surface area contributed by atoms with E-state index < -0.39 is 6.10 Å². The van der Waals surface area contributed by atoms with Crippen molar-refractivity contribution < 1.29 is 14.3 Å². The number of nitrogens with zero attached hydrogens (tertiary/aromatic N) is 1. The van der Waals surface area contributed by atoms with Crippen LogP contribution in [0, 0.1) is 0 Å². The maximum Gasteiger partial charge on any atom is 0.264 e. The lowest BCUT2D eigenvalue weighted by atomic mass is 10.1. The molecule has 0 radical (unpaired) electrons. The van der Waals surface area contributed by atoms with Crippen LogP contribution in [-0.4, -0.2) is 42.7 Å². The molecule has 4 nitrogen and oxygen atoms in total. The smallest absolute Gasteiger partial charge is 0.264 e. The Balaban J connectivity index is 1.70. The fourth-order valence-corrected chi connectivity index (χ4v) is 2.77. The SMILES string of the molecule is C[C@H]1CN(C(=O)[C@H]2Cc3cc(Cl)ccc3O2)CCO1. The molecule has 0 saturated carbocycles. The van der Waals surface area contributed by atoms with Crippen LogP contribution in [-0.2, 0) is 16.0 Å². The van der Waals surface area contributed by atoms with Crippen LogP contribution < -0.4 is 4.74 Å². The van der Waals surface area contributed by atoms with Crippen molar-refractivity contribution in [1.82, 2.24) is 4.90 Å². The van der Waals surface area contributed by atoms with E-state index in [2.05, 4.69) is 0 Å². The first-order valence-corrected chi connectivity index (χ1v) is 6.87. The van der Waals surface area contributed by atoms with Gasteiger partial charge in [0.2, 0.25) is 0 Å². The molecule has 0 bridgehead atoms. The Morgan fingerprint density at radius 2 is 2.32 bits per heavy atom. The number of rotatable bonds is 1. The van der Waals surface area contributed by atoms with Gasteiger partial charge in [0.1, 0.15) is 5.75 Å². The predicted octanol–water partition coefficient (Wildman–Crippen LogP) is 1.89. The van der Waals surface area contributed by atoms with Crippen molar-refractivity contribution in [3.8, 4) is 5.75 Å². The molecule has 2 atom stereocenters. The van der Waals surface area contributed by atoms with Crippen LogP contribution in [0.1, 0.15) is 12.5 Å². The third kappa shape index (κ3) is 2.55. The number of carbonyl (C=O) groups is 1. The summed E-state index contributed by atoms with van der Waals surface area (Å²) in [7, 11) is 0. The van der Waals surface area contributed by atoms with E-state index in [1.165, 1.54) is 0 Å².